The van der Waals surface area contributed by atoms with E-state index in [4.69, 9.17) is 5.73 Å². The highest BCUT2D eigenvalue weighted by Crippen LogP contribution is 2.51. The lowest BCUT2D eigenvalue weighted by Crippen LogP contribution is -2.45. The molecule has 1 aromatic rings. The van der Waals surface area contributed by atoms with Gasteiger partial charge in [-0.2, -0.15) is 0 Å². The molecule has 0 spiro atoms. The molecular formula is C14H21FIN3. The predicted molar refractivity (Wildman–Crippen MR) is 87.6 cm³/mol. The molecule has 1 aliphatic carbocycles. The van der Waals surface area contributed by atoms with Crippen LogP contribution in [0.25, 0.3) is 0 Å². The summed E-state index contributed by atoms with van der Waals surface area (Å²) in [5, 5.41) is 3.04. The minimum atomic E-state index is -1.34. The first-order chi connectivity index (χ1) is 8.31. The van der Waals surface area contributed by atoms with Gasteiger partial charge >= 0.3 is 0 Å². The van der Waals surface area contributed by atoms with Crippen LogP contribution in [0.3, 0.4) is 0 Å². The van der Waals surface area contributed by atoms with Crippen LogP contribution in [0.1, 0.15) is 32.8 Å². The summed E-state index contributed by atoms with van der Waals surface area (Å²) in [4.78, 5) is 4.21. The largest absolute Gasteiger partial charge is 0.370 e. The fraction of sp³-hybridized carbons (Fsp3) is 0.500. The minimum Gasteiger partial charge on any atom is -0.370 e. The van der Waals surface area contributed by atoms with Gasteiger partial charge in [0, 0.05) is 12.0 Å². The molecule has 0 radical (unpaired) electrons. The number of guanidine groups is 1. The van der Waals surface area contributed by atoms with Crippen molar-refractivity contribution in [3.05, 3.63) is 35.9 Å². The summed E-state index contributed by atoms with van der Waals surface area (Å²) in [7, 11) is 0. The molecule has 2 unspecified atom stereocenters. The van der Waals surface area contributed by atoms with Gasteiger partial charge < -0.3 is 11.1 Å². The highest BCUT2D eigenvalue weighted by Gasteiger charge is 2.57. The maximum atomic E-state index is 14.5. The van der Waals surface area contributed by atoms with Gasteiger partial charge in [0.2, 0.25) is 0 Å². The van der Waals surface area contributed by atoms with Crippen molar-refractivity contribution in [3.63, 3.8) is 0 Å². The number of nitrogens with one attached hydrogen (secondary N) is 1. The van der Waals surface area contributed by atoms with Crippen LogP contribution in [0.4, 0.5) is 4.39 Å². The molecule has 3 N–H and O–H groups in total. The third-order valence-corrected chi connectivity index (χ3v) is 2.91. The second-order valence-corrected chi connectivity index (χ2v) is 5.84. The van der Waals surface area contributed by atoms with Gasteiger partial charge in [-0.05, 0) is 26.3 Å². The Morgan fingerprint density at radius 1 is 1.37 bits per heavy atom. The number of aliphatic imine (C=N–C) groups is 1. The number of halogens is 2. The number of hydrogen-bond donors (Lipinski definition) is 2. The zero-order valence-electron chi connectivity index (χ0n) is 11.5. The van der Waals surface area contributed by atoms with Crippen molar-refractivity contribution in [1.82, 2.24) is 5.32 Å². The highest BCUT2D eigenvalue weighted by molar-refractivity contribution is 14.0. The van der Waals surface area contributed by atoms with Crippen LogP contribution >= 0.6 is 24.0 Å². The normalized spacial score (nSPS) is 26.5. The fourth-order valence-corrected chi connectivity index (χ4v) is 1.98. The van der Waals surface area contributed by atoms with Crippen LogP contribution in [0.2, 0.25) is 0 Å². The van der Waals surface area contributed by atoms with Gasteiger partial charge in [0.25, 0.3) is 0 Å². The molecule has 0 bridgehead atoms. The minimum absolute atomic E-state index is 0. The van der Waals surface area contributed by atoms with Gasteiger partial charge in [0.1, 0.15) is 0 Å². The first-order valence-electron chi connectivity index (χ1n) is 6.17. The molecule has 1 aromatic carbocycles. The van der Waals surface area contributed by atoms with Crippen molar-refractivity contribution >= 4 is 29.9 Å². The van der Waals surface area contributed by atoms with E-state index in [1.165, 1.54) is 0 Å². The van der Waals surface area contributed by atoms with Crippen LogP contribution in [-0.2, 0) is 5.67 Å². The second-order valence-electron chi connectivity index (χ2n) is 5.84. The molecule has 2 atom stereocenters. The van der Waals surface area contributed by atoms with Gasteiger partial charge in [-0.25, -0.2) is 9.38 Å². The lowest BCUT2D eigenvalue weighted by Gasteiger charge is -2.21. The van der Waals surface area contributed by atoms with E-state index in [9.17, 15) is 4.39 Å². The summed E-state index contributed by atoms with van der Waals surface area (Å²) in [6.45, 7) is 5.96. The first kappa shape index (κ1) is 16.2. The number of hydrogen-bond acceptors (Lipinski definition) is 1. The van der Waals surface area contributed by atoms with Crippen LogP contribution in [0.15, 0.2) is 35.3 Å². The molecular weight excluding hydrogens is 356 g/mol. The quantitative estimate of drug-likeness (QED) is 0.473. The number of rotatable bonds is 2. The summed E-state index contributed by atoms with van der Waals surface area (Å²) in [5.74, 6) is 0.308. The van der Waals surface area contributed by atoms with Crippen LogP contribution < -0.4 is 11.1 Å². The topological polar surface area (TPSA) is 50.4 Å². The predicted octanol–water partition coefficient (Wildman–Crippen LogP) is 2.94. The smallest absolute Gasteiger partial charge is 0.189 e. The molecule has 1 fully saturated rings. The van der Waals surface area contributed by atoms with Crippen LogP contribution in [-0.4, -0.2) is 17.5 Å². The van der Waals surface area contributed by atoms with Gasteiger partial charge in [0.15, 0.2) is 11.6 Å². The molecule has 2 rings (SSSR count). The summed E-state index contributed by atoms with van der Waals surface area (Å²) in [6.07, 6.45) is 0.406. The maximum Gasteiger partial charge on any atom is 0.189 e. The Kier molecular flexibility index (Phi) is 4.81. The second kappa shape index (κ2) is 5.64. The lowest BCUT2D eigenvalue weighted by atomic mass is 10.1. The molecule has 1 saturated carbocycles. The molecule has 0 aliphatic heterocycles. The van der Waals surface area contributed by atoms with Crippen molar-refractivity contribution < 1.29 is 4.39 Å². The molecule has 5 heteroatoms. The Balaban J connectivity index is 0.00000180. The summed E-state index contributed by atoms with van der Waals surface area (Å²) in [5.41, 5.74) is 4.95. The van der Waals surface area contributed by atoms with E-state index < -0.39 is 5.67 Å². The van der Waals surface area contributed by atoms with Gasteiger partial charge in [-0.15, -0.1) is 24.0 Å². The zero-order chi connectivity index (χ0) is 13.4. The molecule has 106 valence electrons. The Labute approximate surface area is 130 Å². The van der Waals surface area contributed by atoms with Gasteiger partial charge in [0.05, 0.1) is 6.04 Å². The molecule has 0 amide bonds. The first-order valence-corrected chi connectivity index (χ1v) is 6.17. The number of benzene rings is 1. The zero-order valence-corrected chi connectivity index (χ0v) is 13.8. The fourth-order valence-electron chi connectivity index (χ4n) is 1.98. The average Bonchev–Trinajstić information content (AvgIpc) is 2.89. The lowest BCUT2D eigenvalue weighted by molar-refractivity contribution is 0.306. The van der Waals surface area contributed by atoms with Gasteiger partial charge in [-0.1, -0.05) is 30.3 Å². The van der Waals surface area contributed by atoms with E-state index in [1.54, 1.807) is 12.1 Å². The van der Waals surface area contributed by atoms with Crippen molar-refractivity contribution in [2.75, 3.05) is 0 Å². The summed E-state index contributed by atoms with van der Waals surface area (Å²) in [6, 6.07) is 8.78. The monoisotopic (exact) mass is 377 g/mol. The Bertz CT molecular complexity index is 456. The number of nitrogens with zero attached hydrogens (tertiary/aromatic N) is 1. The van der Waals surface area contributed by atoms with Crippen molar-refractivity contribution in [2.24, 2.45) is 10.7 Å². The van der Waals surface area contributed by atoms with Crippen LogP contribution in [0, 0.1) is 0 Å². The highest BCUT2D eigenvalue weighted by atomic mass is 127. The summed E-state index contributed by atoms with van der Waals surface area (Å²) >= 11 is 0. The average molecular weight is 377 g/mol. The van der Waals surface area contributed by atoms with E-state index >= 15 is 0 Å². The molecule has 1 aliphatic rings. The number of nitrogens with two attached hydrogens (primary N) is 1. The Morgan fingerprint density at radius 3 is 2.47 bits per heavy atom. The molecule has 0 heterocycles. The van der Waals surface area contributed by atoms with E-state index in [0.29, 0.717) is 17.9 Å². The SMILES string of the molecule is CC(C)(C)NC(N)=NC1CC1(F)c1ccccc1.I. The maximum absolute atomic E-state index is 14.5. The van der Waals surface area contributed by atoms with Crippen molar-refractivity contribution in [3.8, 4) is 0 Å². The van der Waals surface area contributed by atoms with E-state index in [0.717, 1.165) is 0 Å². The van der Waals surface area contributed by atoms with Crippen molar-refractivity contribution in [1.29, 1.82) is 0 Å². The Morgan fingerprint density at radius 2 is 1.95 bits per heavy atom. The van der Waals surface area contributed by atoms with Crippen LogP contribution in [0.5, 0.6) is 0 Å². The standard InChI is InChI=1S/C14H20FN3.HI/c1-13(2,3)18-12(16)17-11-9-14(11,15)10-7-5-4-6-8-10;/h4-8,11H,9H2,1-3H3,(H3,16,17,18);1H. The molecule has 0 aromatic heterocycles. The molecule has 3 nitrogen and oxygen atoms in total. The summed E-state index contributed by atoms with van der Waals surface area (Å²) < 4.78 is 14.5. The third kappa shape index (κ3) is 4.06. The van der Waals surface area contributed by atoms with E-state index in [1.807, 2.05) is 39.0 Å². The molecule has 0 saturated heterocycles. The van der Waals surface area contributed by atoms with Crippen molar-refractivity contribution in [2.45, 2.75) is 44.4 Å². The van der Waals surface area contributed by atoms with Gasteiger partial charge in [-0.3, -0.25) is 0 Å². The Hall–Kier alpha value is -0.850. The van der Waals surface area contributed by atoms with E-state index in [2.05, 4.69) is 10.3 Å². The molecule has 19 heavy (non-hydrogen) atoms. The third-order valence-electron chi connectivity index (χ3n) is 2.91. The number of alkyl halides is 1. The van der Waals surface area contributed by atoms with E-state index in [-0.39, 0.29) is 35.6 Å².